The molecule has 0 aromatic heterocycles. The molecule has 14 atom stereocenters. The second kappa shape index (κ2) is 14.8. The van der Waals surface area contributed by atoms with Gasteiger partial charge in [0.15, 0.2) is 0 Å². The van der Waals surface area contributed by atoms with Crippen molar-refractivity contribution in [3.8, 4) is 0 Å². The molecule has 58 heavy (non-hydrogen) atoms. The molecule has 1 aromatic rings. The molecular formula is C58H78. The zero-order valence-corrected chi connectivity index (χ0v) is 37.3. The molecule has 4 fully saturated rings. The summed E-state index contributed by atoms with van der Waals surface area (Å²) in [6.45, 7) is 10.3. The lowest BCUT2D eigenvalue weighted by atomic mass is 9.55. The van der Waals surface area contributed by atoms with Crippen molar-refractivity contribution in [3.05, 3.63) is 86.6 Å². The van der Waals surface area contributed by atoms with Crippen LogP contribution in [0.5, 0.6) is 0 Å². The van der Waals surface area contributed by atoms with Crippen LogP contribution < -0.4 is 0 Å². The minimum Gasteiger partial charge on any atom is -0.0853 e. The highest BCUT2D eigenvalue weighted by Crippen LogP contribution is 2.69. The summed E-state index contributed by atoms with van der Waals surface area (Å²) in [4.78, 5) is 0. The van der Waals surface area contributed by atoms with Gasteiger partial charge in [-0.15, -0.1) is 0 Å². The molecule has 0 aliphatic heterocycles. The molecule has 4 saturated carbocycles. The van der Waals surface area contributed by atoms with Gasteiger partial charge in [-0.3, -0.25) is 0 Å². The van der Waals surface area contributed by atoms with Gasteiger partial charge in [-0.25, -0.2) is 0 Å². The maximum atomic E-state index is 3.03. The quantitative estimate of drug-likeness (QED) is 0.267. The van der Waals surface area contributed by atoms with E-state index in [0.717, 1.165) is 59.2 Å². The predicted octanol–water partition coefficient (Wildman–Crippen LogP) is 15.7. The SMILES string of the molecule is CC1=CCCC(C)C1C1C=CC(C2C(C)=CCCC2C)C2C3Cc4c(cc5c6c4CCCC6C4C(C6CCCCC6)CCC(C6CCCCC6)C54)C4=C3C(=CCC4)C12. The van der Waals surface area contributed by atoms with Crippen LogP contribution in [0, 0.1) is 82.9 Å². The molecule has 0 heteroatoms. The first-order chi connectivity index (χ1) is 28.5. The Morgan fingerprint density at radius 3 is 1.88 bits per heavy atom. The molecule has 310 valence electrons. The number of hydrogen-bond acceptors (Lipinski definition) is 0. The number of hydrogen-bond donors (Lipinski definition) is 0. The van der Waals surface area contributed by atoms with E-state index < -0.39 is 0 Å². The van der Waals surface area contributed by atoms with Gasteiger partial charge in [-0.05, 0) is 230 Å². The van der Waals surface area contributed by atoms with Crippen molar-refractivity contribution in [2.75, 3.05) is 0 Å². The number of fused-ring (bicyclic) bond motifs is 9. The highest BCUT2D eigenvalue weighted by atomic mass is 14.6. The minimum absolute atomic E-state index is 0.659. The third kappa shape index (κ3) is 5.62. The molecule has 0 radical (unpaired) electrons. The van der Waals surface area contributed by atoms with Crippen LogP contribution >= 0.6 is 0 Å². The number of rotatable bonds is 4. The van der Waals surface area contributed by atoms with Gasteiger partial charge in [-0.2, -0.15) is 0 Å². The molecule has 0 nitrogen and oxygen atoms in total. The van der Waals surface area contributed by atoms with Crippen molar-refractivity contribution < 1.29 is 0 Å². The Morgan fingerprint density at radius 2 is 1.17 bits per heavy atom. The summed E-state index contributed by atoms with van der Waals surface area (Å²) < 4.78 is 0. The Labute approximate surface area is 354 Å². The first-order valence-electron chi connectivity index (χ1n) is 26.1. The maximum Gasteiger partial charge on any atom is -0.00532 e. The van der Waals surface area contributed by atoms with Crippen molar-refractivity contribution in [2.24, 2.45) is 82.9 Å². The average molecular weight is 775 g/mol. The van der Waals surface area contributed by atoms with E-state index >= 15 is 0 Å². The third-order valence-corrected chi connectivity index (χ3v) is 20.9. The first-order valence-corrected chi connectivity index (χ1v) is 26.1. The van der Waals surface area contributed by atoms with Crippen LogP contribution in [0.1, 0.15) is 196 Å². The van der Waals surface area contributed by atoms with Crippen LogP contribution in [0.15, 0.2) is 58.7 Å². The summed E-state index contributed by atoms with van der Waals surface area (Å²) in [6, 6.07) is 3.03. The predicted molar refractivity (Wildman–Crippen MR) is 244 cm³/mol. The smallest absolute Gasteiger partial charge is 0.00532 e. The van der Waals surface area contributed by atoms with Gasteiger partial charge >= 0.3 is 0 Å². The van der Waals surface area contributed by atoms with Gasteiger partial charge in [-0.1, -0.05) is 126 Å². The Balaban J connectivity index is 1.01. The van der Waals surface area contributed by atoms with E-state index in [1.165, 1.54) is 116 Å². The molecule has 0 amide bonds. The fourth-order valence-electron chi connectivity index (χ4n) is 19.0. The van der Waals surface area contributed by atoms with Gasteiger partial charge < -0.3 is 0 Å². The van der Waals surface area contributed by atoms with E-state index in [0.29, 0.717) is 35.5 Å². The lowest BCUT2D eigenvalue weighted by molar-refractivity contribution is 0.0372. The third-order valence-electron chi connectivity index (χ3n) is 20.9. The summed E-state index contributed by atoms with van der Waals surface area (Å²) in [5, 5.41) is 0. The van der Waals surface area contributed by atoms with Crippen LogP contribution in [0.4, 0.5) is 0 Å². The van der Waals surface area contributed by atoms with Crippen molar-refractivity contribution in [2.45, 2.75) is 181 Å². The van der Waals surface area contributed by atoms with Crippen molar-refractivity contribution >= 4 is 5.57 Å². The Kier molecular flexibility index (Phi) is 9.60. The van der Waals surface area contributed by atoms with E-state index in [2.05, 4.69) is 64.1 Å². The lowest BCUT2D eigenvalue weighted by Gasteiger charge is -2.49. The monoisotopic (exact) mass is 775 g/mol. The van der Waals surface area contributed by atoms with E-state index in [9.17, 15) is 0 Å². The summed E-state index contributed by atoms with van der Waals surface area (Å²) >= 11 is 0. The van der Waals surface area contributed by atoms with Crippen LogP contribution in [0.2, 0.25) is 0 Å². The summed E-state index contributed by atoms with van der Waals surface area (Å²) in [6.07, 6.45) is 45.8. The zero-order chi connectivity index (χ0) is 38.8. The summed E-state index contributed by atoms with van der Waals surface area (Å²) in [7, 11) is 0. The molecule has 14 unspecified atom stereocenters. The highest BCUT2D eigenvalue weighted by Gasteiger charge is 2.59. The van der Waals surface area contributed by atoms with Crippen molar-refractivity contribution in [3.63, 3.8) is 0 Å². The van der Waals surface area contributed by atoms with E-state index in [4.69, 9.17) is 0 Å². The highest BCUT2D eigenvalue weighted by molar-refractivity contribution is 5.82. The van der Waals surface area contributed by atoms with E-state index in [1.807, 2.05) is 44.5 Å². The molecule has 0 bridgehead atoms. The molecular weight excluding hydrogens is 697 g/mol. The lowest BCUT2D eigenvalue weighted by Crippen LogP contribution is -2.42. The normalized spacial score (nSPS) is 43.4. The number of benzene rings is 1. The summed E-state index contributed by atoms with van der Waals surface area (Å²) in [5.74, 6) is 13.1. The molecule has 1 aromatic carbocycles. The topological polar surface area (TPSA) is 0 Å². The Bertz CT molecular complexity index is 1950. The first kappa shape index (κ1) is 37.7. The molecule has 0 saturated heterocycles. The Hall–Kier alpha value is -2.08. The molecule has 11 aliphatic carbocycles. The molecule has 11 aliphatic rings. The largest absolute Gasteiger partial charge is 0.0853 e. The summed E-state index contributed by atoms with van der Waals surface area (Å²) in [5.41, 5.74) is 18.8. The van der Waals surface area contributed by atoms with Gasteiger partial charge in [0, 0.05) is 0 Å². The molecule has 0 N–H and O–H groups in total. The second-order valence-electron chi connectivity index (χ2n) is 23.3. The second-order valence-corrected chi connectivity index (χ2v) is 23.3. The maximum absolute atomic E-state index is 3.03. The van der Waals surface area contributed by atoms with E-state index in [1.54, 1.807) is 36.8 Å². The van der Waals surface area contributed by atoms with Gasteiger partial charge in [0.25, 0.3) is 0 Å². The minimum atomic E-state index is 0.659. The zero-order valence-electron chi connectivity index (χ0n) is 37.3. The molecule has 0 heterocycles. The number of allylic oxidation sites excluding steroid dienone is 10. The van der Waals surface area contributed by atoms with Gasteiger partial charge in [0.05, 0.1) is 0 Å². The van der Waals surface area contributed by atoms with Crippen LogP contribution in [-0.4, -0.2) is 0 Å². The van der Waals surface area contributed by atoms with Crippen LogP contribution in [-0.2, 0) is 12.8 Å². The van der Waals surface area contributed by atoms with E-state index in [-0.39, 0.29) is 0 Å². The van der Waals surface area contributed by atoms with Crippen molar-refractivity contribution in [1.82, 2.24) is 0 Å². The molecule has 0 spiro atoms. The average Bonchev–Trinajstić information content (AvgIpc) is 3.77. The standard InChI is InChI=1S/C58H78/c1-33-15-11-16-34(2)51(33)45-29-30-46(52-35(3)17-12-18-36(52)4)58-50-32-48-41-23-13-25-43-53(41)49(31-47(48)42-24-14-26-44(54(42)50)57(45)58)56-40(38-21-9-6-10-22-38)28-27-39(55(43)56)37-19-7-5-8-20-37/h15,17,26,29-31,34,36-40,43,45-46,50-52,55-58H,5-14,16,18-25,27-28,32H2,1-4H3. The fraction of sp³-hybridized carbons (Fsp3) is 0.724. The van der Waals surface area contributed by atoms with Gasteiger partial charge in [0.2, 0.25) is 0 Å². The van der Waals surface area contributed by atoms with Gasteiger partial charge in [0.1, 0.15) is 0 Å². The van der Waals surface area contributed by atoms with Crippen LogP contribution in [0.25, 0.3) is 5.57 Å². The van der Waals surface area contributed by atoms with Crippen LogP contribution in [0.3, 0.4) is 0 Å². The molecule has 12 rings (SSSR count). The Morgan fingerprint density at radius 1 is 0.517 bits per heavy atom. The van der Waals surface area contributed by atoms with Crippen molar-refractivity contribution in [1.29, 1.82) is 0 Å². The fourth-order valence-corrected chi connectivity index (χ4v) is 19.0.